The molecule has 6 nitrogen and oxygen atoms in total. The maximum Gasteiger partial charge on any atom is 0.407 e. The SMILES string of the molecule is COc1ccc([C@](NP(=O)(c2ccccc2)c2ccccc2)(c2ccccc2)[C@H](C)NC(=O)OC(C)(C)C)cc1. The van der Waals surface area contributed by atoms with Crippen LogP contribution in [0.2, 0.25) is 0 Å². The molecular weight excluding hydrogens is 519 g/mol. The van der Waals surface area contributed by atoms with Crippen molar-refractivity contribution in [1.29, 1.82) is 0 Å². The van der Waals surface area contributed by atoms with E-state index in [1.54, 1.807) is 7.11 Å². The lowest BCUT2D eigenvalue weighted by atomic mass is 9.78. The third-order valence-electron chi connectivity index (χ3n) is 6.73. The highest BCUT2D eigenvalue weighted by Crippen LogP contribution is 2.47. The summed E-state index contributed by atoms with van der Waals surface area (Å²) in [6, 6.07) is 35.6. The first-order valence-electron chi connectivity index (χ1n) is 13.3. The smallest absolute Gasteiger partial charge is 0.407 e. The summed E-state index contributed by atoms with van der Waals surface area (Å²) >= 11 is 0. The van der Waals surface area contributed by atoms with E-state index >= 15 is 4.57 Å². The van der Waals surface area contributed by atoms with Crippen molar-refractivity contribution in [2.24, 2.45) is 0 Å². The first-order chi connectivity index (χ1) is 19.1. The Morgan fingerprint density at radius 2 is 1.18 bits per heavy atom. The van der Waals surface area contributed by atoms with Gasteiger partial charge in [0.15, 0.2) is 0 Å². The third kappa shape index (κ3) is 6.30. The number of carbonyl (C=O) groups is 1. The number of benzene rings is 4. The Hall–Kier alpha value is -3.86. The number of hydrogen-bond donors (Lipinski definition) is 2. The molecule has 40 heavy (non-hydrogen) atoms. The summed E-state index contributed by atoms with van der Waals surface area (Å²) < 4.78 is 26.5. The number of nitrogens with one attached hydrogen (secondary N) is 2. The van der Waals surface area contributed by atoms with E-state index in [0.29, 0.717) is 16.4 Å². The highest BCUT2D eigenvalue weighted by Gasteiger charge is 2.47. The Labute approximate surface area is 237 Å². The molecule has 4 rings (SSSR count). The second kappa shape index (κ2) is 12.1. The zero-order valence-corrected chi connectivity index (χ0v) is 24.5. The second-order valence-corrected chi connectivity index (χ2v) is 13.1. The average molecular weight is 557 g/mol. The van der Waals surface area contributed by atoms with Crippen LogP contribution in [-0.4, -0.2) is 24.8 Å². The molecule has 1 amide bonds. The van der Waals surface area contributed by atoms with Gasteiger partial charge in [0.2, 0.25) is 7.29 Å². The molecule has 0 saturated carbocycles. The monoisotopic (exact) mass is 556 g/mol. The van der Waals surface area contributed by atoms with Crippen molar-refractivity contribution in [1.82, 2.24) is 10.4 Å². The van der Waals surface area contributed by atoms with Gasteiger partial charge in [0, 0.05) is 10.6 Å². The standard InChI is InChI=1S/C33H37N2O4P/c1-25(34-31(36)39-32(2,3)4)33(26-15-9-6-10-16-26,27-21-23-28(38-5)24-22-27)35-40(37,29-17-11-7-12-18-29)30-19-13-8-14-20-30/h6-25H,1-5H3,(H,34,36)(H,35,37)/t25-,33+/m0/s1. The second-order valence-electron chi connectivity index (χ2n) is 10.7. The Morgan fingerprint density at radius 1 is 0.725 bits per heavy atom. The van der Waals surface area contributed by atoms with Crippen LogP contribution in [0, 0.1) is 0 Å². The van der Waals surface area contributed by atoms with Gasteiger partial charge in [-0.25, -0.2) is 9.88 Å². The van der Waals surface area contributed by atoms with Crippen LogP contribution in [0.3, 0.4) is 0 Å². The zero-order valence-electron chi connectivity index (χ0n) is 23.6. The highest BCUT2D eigenvalue weighted by atomic mass is 31.2. The summed E-state index contributed by atoms with van der Waals surface area (Å²) in [7, 11) is -1.89. The lowest BCUT2D eigenvalue weighted by Gasteiger charge is -2.44. The van der Waals surface area contributed by atoms with Crippen LogP contribution in [-0.2, 0) is 14.8 Å². The minimum absolute atomic E-state index is 0.565. The average Bonchev–Trinajstić information content (AvgIpc) is 2.96. The van der Waals surface area contributed by atoms with Gasteiger partial charge in [-0.1, -0.05) is 78.9 Å². The molecule has 4 aromatic carbocycles. The van der Waals surface area contributed by atoms with E-state index in [9.17, 15) is 4.79 Å². The van der Waals surface area contributed by atoms with Crippen molar-refractivity contribution in [2.45, 2.75) is 44.9 Å². The van der Waals surface area contributed by atoms with Crippen LogP contribution in [0.1, 0.15) is 38.8 Å². The minimum Gasteiger partial charge on any atom is -0.497 e. The fraction of sp³-hybridized carbons (Fsp3) is 0.242. The van der Waals surface area contributed by atoms with E-state index in [1.807, 2.05) is 143 Å². The minimum atomic E-state index is -3.51. The van der Waals surface area contributed by atoms with E-state index in [-0.39, 0.29) is 0 Å². The van der Waals surface area contributed by atoms with Gasteiger partial charge in [-0.3, -0.25) is 4.57 Å². The number of amides is 1. The fourth-order valence-corrected chi connectivity index (χ4v) is 7.53. The van der Waals surface area contributed by atoms with Crippen LogP contribution >= 0.6 is 7.29 Å². The zero-order chi connectivity index (χ0) is 28.8. The third-order valence-corrected chi connectivity index (χ3v) is 9.45. The number of rotatable bonds is 9. The Kier molecular flexibility index (Phi) is 8.82. The molecule has 0 unspecified atom stereocenters. The van der Waals surface area contributed by atoms with Gasteiger partial charge in [0.05, 0.1) is 18.7 Å². The molecule has 0 saturated heterocycles. The maximum absolute atomic E-state index is 15.4. The number of alkyl carbamates (subject to hydrolysis) is 1. The molecule has 0 aromatic heterocycles. The normalized spacial score (nSPS) is 14.0. The van der Waals surface area contributed by atoms with E-state index in [0.717, 1.165) is 11.1 Å². The molecule has 0 heterocycles. The molecule has 2 N–H and O–H groups in total. The predicted octanol–water partition coefficient (Wildman–Crippen LogP) is 6.37. The highest BCUT2D eigenvalue weighted by molar-refractivity contribution is 7.77. The van der Waals surface area contributed by atoms with E-state index in [2.05, 4.69) is 10.4 Å². The summed E-state index contributed by atoms with van der Waals surface area (Å²) in [6.45, 7) is 7.36. The topological polar surface area (TPSA) is 76.7 Å². The molecule has 0 bridgehead atoms. The molecule has 208 valence electrons. The van der Waals surface area contributed by atoms with E-state index in [1.165, 1.54) is 0 Å². The van der Waals surface area contributed by atoms with Crippen molar-refractivity contribution < 1.29 is 18.8 Å². The van der Waals surface area contributed by atoms with Gasteiger partial charge in [-0.2, -0.15) is 0 Å². The first-order valence-corrected chi connectivity index (χ1v) is 15.0. The Balaban J connectivity index is 1.99. The van der Waals surface area contributed by atoms with Crippen molar-refractivity contribution in [3.63, 3.8) is 0 Å². The number of ether oxygens (including phenoxy) is 2. The van der Waals surface area contributed by atoms with Crippen molar-refractivity contribution in [3.8, 4) is 5.75 Å². The quantitative estimate of drug-likeness (QED) is 0.234. The van der Waals surface area contributed by atoms with Crippen LogP contribution in [0.15, 0.2) is 115 Å². The Bertz CT molecular complexity index is 1400. The summed E-state index contributed by atoms with van der Waals surface area (Å²) in [5, 5.41) is 8.02. The summed E-state index contributed by atoms with van der Waals surface area (Å²) in [6.07, 6.45) is -0.565. The van der Waals surface area contributed by atoms with Crippen LogP contribution < -0.4 is 25.8 Å². The number of hydrogen-bond acceptors (Lipinski definition) is 4. The summed E-state index contributed by atoms with van der Waals surface area (Å²) in [5.74, 6) is 0.688. The summed E-state index contributed by atoms with van der Waals surface area (Å²) in [5.41, 5.74) is -0.201. The molecule has 2 atom stereocenters. The van der Waals surface area contributed by atoms with Gasteiger partial charge >= 0.3 is 6.09 Å². The molecule has 0 aliphatic carbocycles. The van der Waals surface area contributed by atoms with Crippen molar-refractivity contribution >= 4 is 24.0 Å². The van der Waals surface area contributed by atoms with Gasteiger partial charge in [0.1, 0.15) is 11.4 Å². The van der Waals surface area contributed by atoms with Crippen LogP contribution in [0.4, 0.5) is 4.79 Å². The van der Waals surface area contributed by atoms with Gasteiger partial charge in [-0.05, 0) is 75.2 Å². The predicted molar refractivity (Wildman–Crippen MR) is 162 cm³/mol. The molecule has 0 aliphatic rings. The van der Waals surface area contributed by atoms with Crippen LogP contribution in [0.25, 0.3) is 0 Å². The molecule has 0 fully saturated rings. The van der Waals surface area contributed by atoms with Crippen LogP contribution in [0.5, 0.6) is 5.75 Å². The van der Waals surface area contributed by atoms with Crippen molar-refractivity contribution in [3.05, 3.63) is 126 Å². The first kappa shape index (κ1) is 29.1. The van der Waals surface area contributed by atoms with Gasteiger partial charge < -0.3 is 14.8 Å². The molecule has 0 radical (unpaired) electrons. The van der Waals surface area contributed by atoms with Crippen molar-refractivity contribution in [2.75, 3.05) is 7.11 Å². The van der Waals surface area contributed by atoms with Gasteiger partial charge in [-0.15, -0.1) is 0 Å². The molecule has 0 aliphatic heterocycles. The summed E-state index contributed by atoms with van der Waals surface area (Å²) in [4.78, 5) is 13.1. The molecule has 4 aromatic rings. The largest absolute Gasteiger partial charge is 0.497 e. The maximum atomic E-state index is 15.4. The lowest BCUT2D eigenvalue weighted by Crippen LogP contribution is -2.58. The molecular formula is C33H37N2O4P. The Morgan fingerprint density at radius 3 is 1.62 bits per heavy atom. The number of methoxy groups -OCH3 is 1. The molecule has 7 heteroatoms. The van der Waals surface area contributed by atoms with E-state index < -0.39 is 30.6 Å². The van der Waals surface area contributed by atoms with Gasteiger partial charge in [0.25, 0.3) is 0 Å². The molecule has 0 spiro atoms. The van der Waals surface area contributed by atoms with E-state index in [4.69, 9.17) is 9.47 Å². The lowest BCUT2D eigenvalue weighted by molar-refractivity contribution is 0.0487. The fourth-order valence-electron chi connectivity index (χ4n) is 4.84. The number of carbonyl (C=O) groups excluding carboxylic acids is 1.